The van der Waals surface area contributed by atoms with Gasteiger partial charge in [0.05, 0.1) is 16.7 Å². The molecule has 264 valence electrons. The number of aromatic nitrogens is 2. The van der Waals surface area contributed by atoms with E-state index in [1.54, 1.807) is 0 Å². The summed E-state index contributed by atoms with van der Waals surface area (Å²) in [5.41, 5.74) is 17.8. The molecule has 52 heavy (non-hydrogen) atoms. The lowest BCUT2D eigenvalue weighted by molar-refractivity contribution is 0.277. The molecule has 0 saturated heterocycles. The Kier molecular flexibility index (Phi) is 7.80. The second-order valence-corrected chi connectivity index (χ2v) is 17.9. The van der Waals surface area contributed by atoms with Crippen LogP contribution in [0.25, 0.3) is 33.3 Å². The fourth-order valence-corrected chi connectivity index (χ4v) is 12.1. The molecule has 2 heterocycles. The zero-order valence-electron chi connectivity index (χ0n) is 30.8. The van der Waals surface area contributed by atoms with E-state index in [2.05, 4.69) is 77.8 Å². The summed E-state index contributed by atoms with van der Waals surface area (Å²) >= 11 is 0. The number of fused-ring (bicyclic) bond motifs is 4. The van der Waals surface area contributed by atoms with E-state index in [1.807, 2.05) is 0 Å². The van der Waals surface area contributed by atoms with Gasteiger partial charge in [-0.2, -0.15) is 0 Å². The third-order valence-electron chi connectivity index (χ3n) is 14.9. The highest BCUT2D eigenvalue weighted by Gasteiger charge is 2.39. The van der Waals surface area contributed by atoms with Gasteiger partial charge in [-0.15, -0.1) is 0 Å². The Bertz CT molecular complexity index is 2170. The Morgan fingerprint density at radius 1 is 0.519 bits per heavy atom. The number of rotatable bonds is 4. The van der Waals surface area contributed by atoms with E-state index < -0.39 is 0 Å². The molecule has 4 saturated carbocycles. The predicted molar refractivity (Wildman–Crippen MR) is 215 cm³/mol. The molecule has 1 aromatic heterocycles. The minimum atomic E-state index is 0.605. The summed E-state index contributed by atoms with van der Waals surface area (Å²) in [5, 5.41) is 0. The quantitative estimate of drug-likeness (QED) is 0.201. The number of imidazole rings is 1. The molecule has 0 spiro atoms. The van der Waals surface area contributed by atoms with Crippen molar-refractivity contribution in [2.45, 2.75) is 115 Å². The Balaban J connectivity index is 0.839. The smallest absolute Gasteiger partial charge is 0.110 e. The van der Waals surface area contributed by atoms with E-state index in [4.69, 9.17) is 9.98 Å². The van der Waals surface area contributed by atoms with Gasteiger partial charge in [0.1, 0.15) is 5.82 Å². The SMILES string of the molecule is c1cc2c(-c3ccc4c(c3)CC(C3C[C@H]5CCCC[C@H]5C3)=N4)cc1CCc1ccc(cc1-c1ccc3nc(C4C[C@H]5CCCC[C@H]5C4)[nH]c3c1)CC2. The van der Waals surface area contributed by atoms with Crippen molar-refractivity contribution in [3.05, 3.63) is 106 Å². The number of nitrogens with one attached hydrogen (secondary N) is 1. The standard InChI is InChI=1S/C49H53N3/c1-2-6-35-24-40(23-34(35)5-1)47-29-41-27-38(17-19-45(41)50-47)43-21-30-9-13-32(43)14-10-31-12-16-33(15-11-30)44(22-31)39-18-20-46-48(28-39)52-49(51-46)42-25-36-7-3-4-8-37(36)26-42/h9,12-13,16-22,27-28,34-37,40,42H,1-8,10-11,14-15,23-26,29H2,(H,51,52)/t34-,35+,36-,37+,40?,42?. The van der Waals surface area contributed by atoms with Crippen LogP contribution in [0.4, 0.5) is 5.69 Å². The van der Waals surface area contributed by atoms with Crippen LogP contribution in [0.3, 0.4) is 0 Å². The molecule has 3 heteroatoms. The molecule has 9 aliphatic rings. The Labute approximate surface area is 309 Å². The van der Waals surface area contributed by atoms with Crippen molar-refractivity contribution < 1.29 is 0 Å². The van der Waals surface area contributed by atoms with E-state index in [9.17, 15) is 0 Å². The average molecular weight is 684 g/mol. The summed E-state index contributed by atoms with van der Waals surface area (Å²) in [7, 11) is 0. The molecule has 4 bridgehead atoms. The van der Waals surface area contributed by atoms with Crippen molar-refractivity contribution in [1.82, 2.24) is 9.97 Å². The van der Waals surface area contributed by atoms with Gasteiger partial charge in [0.2, 0.25) is 0 Å². The summed E-state index contributed by atoms with van der Waals surface area (Å²) in [6, 6.07) is 28.8. The fourth-order valence-electron chi connectivity index (χ4n) is 12.1. The van der Waals surface area contributed by atoms with Crippen LogP contribution in [0.15, 0.2) is 77.8 Å². The summed E-state index contributed by atoms with van der Waals surface area (Å²) < 4.78 is 0. The molecule has 3 nitrogen and oxygen atoms in total. The summed E-state index contributed by atoms with van der Waals surface area (Å²) in [4.78, 5) is 14.2. The highest BCUT2D eigenvalue weighted by Crippen LogP contribution is 2.49. The van der Waals surface area contributed by atoms with Crippen LogP contribution in [0.5, 0.6) is 0 Å². The maximum Gasteiger partial charge on any atom is 0.110 e. The van der Waals surface area contributed by atoms with Crippen molar-refractivity contribution in [3.63, 3.8) is 0 Å². The molecule has 0 amide bonds. The molecule has 1 N–H and O–H groups in total. The molecular weight excluding hydrogens is 631 g/mol. The van der Waals surface area contributed by atoms with Crippen LogP contribution < -0.4 is 0 Å². The van der Waals surface area contributed by atoms with E-state index in [0.29, 0.717) is 11.8 Å². The lowest BCUT2D eigenvalue weighted by Crippen LogP contribution is -2.12. The van der Waals surface area contributed by atoms with Crippen LogP contribution >= 0.6 is 0 Å². The van der Waals surface area contributed by atoms with Crippen LogP contribution in [-0.4, -0.2) is 15.7 Å². The third kappa shape index (κ3) is 5.69. The summed E-state index contributed by atoms with van der Waals surface area (Å²) in [5.74, 6) is 6.33. The number of hydrogen-bond donors (Lipinski definition) is 1. The molecule has 8 aliphatic carbocycles. The monoisotopic (exact) mass is 683 g/mol. The number of H-pyrrole nitrogens is 1. The second-order valence-electron chi connectivity index (χ2n) is 17.9. The number of aliphatic imine (C=N–C) groups is 1. The van der Waals surface area contributed by atoms with Crippen LogP contribution in [-0.2, 0) is 32.1 Å². The zero-order valence-corrected chi connectivity index (χ0v) is 30.8. The van der Waals surface area contributed by atoms with Crippen molar-refractivity contribution >= 4 is 22.4 Å². The van der Waals surface area contributed by atoms with Crippen molar-refractivity contribution in [3.8, 4) is 22.3 Å². The molecule has 14 rings (SSSR count). The van der Waals surface area contributed by atoms with Gasteiger partial charge in [-0.3, -0.25) is 4.99 Å². The van der Waals surface area contributed by atoms with E-state index in [-0.39, 0.29) is 0 Å². The molecule has 4 fully saturated rings. The number of aryl methyl sites for hydroxylation is 4. The number of nitrogens with zero attached hydrogens (tertiary/aromatic N) is 2. The third-order valence-corrected chi connectivity index (χ3v) is 14.9. The van der Waals surface area contributed by atoms with Crippen LogP contribution in [0, 0.1) is 29.6 Å². The van der Waals surface area contributed by atoms with Crippen LogP contribution in [0.1, 0.15) is 117 Å². The second kappa shape index (κ2) is 12.9. The molecule has 0 radical (unpaired) electrons. The van der Waals surface area contributed by atoms with E-state index in [0.717, 1.165) is 61.3 Å². The van der Waals surface area contributed by atoms with Crippen LogP contribution in [0.2, 0.25) is 0 Å². The zero-order chi connectivity index (χ0) is 34.2. The first kappa shape index (κ1) is 31.5. The Morgan fingerprint density at radius 2 is 1.10 bits per heavy atom. The predicted octanol–water partition coefficient (Wildman–Crippen LogP) is 12.3. The molecule has 4 aromatic carbocycles. The first-order chi connectivity index (χ1) is 25.7. The lowest BCUT2D eigenvalue weighted by atomic mass is 9.82. The maximum atomic E-state index is 5.26. The highest BCUT2D eigenvalue weighted by atomic mass is 14.9. The Hall–Kier alpha value is -3.98. The number of hydrogen-bond acceptors (Lipinski definition) is 2. The largest absolute Gasteiger partial charge is 0.342 e. The van der Waals surface area contributed by atoms with Gasteiger partial charge in [0.15, 0.2) is 0 Å². The topological polar surface area (TPSA) is 41.0 Å². The maximum absolute atomic E-state index is 5.26. The Morgan fingerprint density at radius 3 is 1.73 bits per heavy atom. The van der Waals surface area contributed by atoms with Gasteiger partial charge >= 0.3 is 0 Å². The normalized spacial score (nSPS) is 28.0. The highest BCUT2D eigenvalue weighted by molar-refractivity contribution is 5.96. The first-order valence-electron chi connectivity index (χ1n) is 21.1. The van der Waals surface area contributed by atoms with Gasteiger partial charge < -0.3 is 4.98 Å². The number of benzene rings is 4. The first-order valence-corrected chi connectivity index (χ1v) is 21.1. The molecule has 5 aromatic rings. The van der Waals surface area contributed by atoms with Crippen molar-refractivity contribution in [2.24, 2.45) is 34.6 Å². The van der Waals surface area contributed by atoms with E-state index >= 15 is 0 Å². The fraction of sp³-hybridized carbons (Fsp3) is 0.469. The van der Waals surface area contributed by atoms with Gasteiger partial charge in [0, 0.05) is 18.1 Å². The van der Waals surface area contributed by atoms with Gasteiger partial charge in [-0.05, 0) is 155 Å². The van der Waals surface area contributed by atoms with Gasteiger partial charge in [-0.25, -0.2) is 4.98 Å². The van der Waals surface area contributed by atoms with Crippen molar-refractivity contribution in [1.29, 1.82) is 0 Å². The van der Waals surface area contributed by atoms with Gasteiger partial charge in [0.25, 0.3) is 0 Å². The molecule has 1 aliphatic heterocycles. The summed E-state index contributed by atoms with van der Waals surface area (Å²) in [6.45, 7) is 0. The van der Waals surface area contributed by atoms with Crippen molar-refractivity contribution in [2.75, 3.05) is 0 Å². The van der Waals surface area contributed by atoms with E-state index in [1.165, 1.54) is 150 Å². The number of aromatic amines is 1. The molecular formula is C49H53N3. The lowest BCUT2D eigenvalue weighted by Gasteiger charge is -2.24. The minimum absolute atomic E-state index is 0.605. The molecule has 2 unspecified atom stereocenters. The minimum Gasteiger partial charge on any atom is -0.342 e. The molecule has 6 atom stereocenters. The van der Waals surface area contributed by atoms with Gasteiger partial charge in [-0.1, -0.05) is 99.9 Å². The average Bonchev–Trinajstić information content (AvgIpc) is 3.98. The summed E-state index contributed by atoms with van der Waals surface area (Å²) in [6.07, 6.45) is 22.2.